The molecule has 1 aromatic rings. The van der Waals surface area contributed by atoms with E-state index in [-0.39, 0.29) is 17.8 Å². The number of nitrogens with two attached hydrogens (primary N) is 1. The number of halogens is 1. The van der Waals surface area contributed by atoms with Gasteiger partial charge < -0.3 is 5.73 Å². The maximum absolute atomic E-state index is 13.1. The van der Waals surface area contributed by atoms with Crippen molar-refractivity contribution in [2.75, 3.05) is 6.54 Å². The first-order chi connectivity index (χ1) is 6.56. The van der Waals surface area contributed by atoms with E-state index in [1.54, 1.807) is 6.92 Å². The van der Waals surface area contributed by atoms with Crippen LogP contribution in [0.25, 0.3) is 0 Å². The molecule has 0 radical (unpaired) electrons. The van der Waals surface area contributed by atoms with E-state index in [1.807, 2.05) is 0 Å². The Morgan fingerprint density at radius 2 is 2.29 bits per heavy atom. The van der Waals surface area contributed by atoms with Crippen LogP contribution in [0.15, 0.2) is 18.2 Å². The third-order valence-corrected chi connectivity index (χ3v) is 2.00. The molecule has 1 unspecified atom stereocenters. The standard InChI is InChI=1S/C9H11FN2O2/c1-6-2-3-7(8(10)5-11)4-9(6)12(13)14/h2-4,8H,5,11H2,1H3. The Balaban J connectivity index is 3.12. The van der Waals surface area contributed by atoms with E-state index in [0.717, 1.165) is 0 Å². The number of nitrogens with zero attached hydrogens (tertiary/aromatic N) is 1. The van der Waals surface area contributed by atoms with Gasteiger partial charge in [0, 0.05) is 18.2 Å². The quantitative estimate of drug-likeness (QED) is 0.595. The van der Waals surface area contributed by atoms with Crippen LogP contribution in [0, 0.1) is 17.0 Å². The minimum absolute atomic E-state index is 0.0707. The summed E-state index contributed by atoms with van der Waals surface area (Å²) in [6.45, 7) is 1.44. The van der Waals surface area contributed by atoms with Gasteiger partial charge in [-0.2, -0.15) is 0 Å². The van der Waals surface area contributed by atoms with Crippen LogP contribution in [-0.4, -0.2) is 11.5 Å². The van der Waals surface area contributed by atoms with Gasteiger partial charge >= 0.3 is 0 Å². The van der Waals surface area contributed by atoms with Crippen LogP contribution in [0.1, 0.15) is 17.3 Å². The van der Waals surface area contributed by atoms with Gasteiger partial charge in [-0.3, -0.25) is 10.1 Å². The highest BCUT2D eigenvalue weighted by atomic mass is 19.1. The first kappa shape index (κ1) is 10.6. The fourth-order valence-corrected chi connectivity index (χ4v) is 1.15. The molecule has 0 saturated heterocycles. The van der Waals surface area contributed by atoms with Crippen LogP contribution in [-0.2, 0) is 0 Å². The van der Waals surface area contributed by atoms with Gasteiger partial charge in [-0.25, -0.2) is 4.39 Å². The lowest BCUT2D eigenvalue weighted by Crippen LogP contribution is -2.08. The smallest absolute Gasteiger partial charge is 0.272 e. The van der Waals surface area contributed by atoms with E-state index in [1.165, 1.54) is 18.2 Å². The largest absolute Gasteiger partial charge is 0.327 e. The fraction of sp³-hybridized carbons (Fsp3) is 0.333. The van der Waals surface area contributed by atoms with Crippen molar-refractivity contribution >= 4 is 5.69 Å². The summed E-state index contributed by atoms with van der Waals surface area (Å²) in [7, 11) is 0. The molecule has 0 bridgehead atoms. The van der Waals surface area contributed by atoms with Crippen molar-refractivity contribution in [3.05, 3.63) is 39.4 Å². The predicted octanol–water partition coefficient (Wildman–Crippen LogP) is 1.87. The zero-order valence-electron chi connectivity index (χ0n) is 7.74. The summed E-state index contributed by atoms with van der Waals surface area (Å²) in [4.78, 5) is 10.0. The molecule has 14 heavy (non-hydrogen) atoms. The Kier molecular flexibility index (Phi) is 3.14. The molecule has 0 fully saturated rings. The highest BCUT2D eigenvalue weighted by Gasteiger charge is 2.15. The summed E-state index contributed by atoms with van der Waals surface area (Å²) in [6.07, 6.45) is -1.34. The molecule has 1 rings (SSSR count). The van der Waals surface area contributed by atoms with Crippen LogP contribution in [0.4, 0.5) is 10.1 Å². The molecule has 5 heteroatoms. The fourth-order valence-electron chi connectivity index (χ4n) is 1.15. The third-order valence-electron chi connectivity index (χ3n) is 2.00. The number of nitro groups is 1. The van der Waals surface area contributed by atoms with Gasteiger partial charge in [0.2, 0.25) is 0 Å². The van der Waals surface area contributed by atoms with E-state index in [9.17, 15) is 14.5 Å². The Labute approximate surface area is 80.7 Å². The number of benzene rings is 1. The van der Waals surface area contributed by atoms with Crippen molar-refractivity contribution in [3.63, 3.8) is 0 Å². The number of nitro benzene ring substituents is 1. The summed E-state index contributed by atoms with van der Waals surface area (Å²) < 4.78 is 13.1. The summed E-state index contributed by atoms with van der Waals surface area (Å²) in [5, 5.41) is 10.5. The SMILES string of the molecule is Cc1ccc(C(F)CN)cc1[N+](=O)[O-]. The van der Waals surface area contributed by atoms with E-state index >= 15 is 0 Å². The van der Waals surface area contributed by atoms with E-state index in [4.69, 9.17) is 5.73 Å². The molecule has 0 aliphatic carbocycles. The normalized spacial score (nSPS) is 12.5. The number of hydrogen-bond donors (Lipinski definition) is 1. The zero-order valence-corrected chi connectivity index (χ0v) is 7.74. The Hall–Kier alpha value is -1.49. The average Bonchev–Trinajstić information content (AvgIpc) is 2.17. The lowest BCUT2D eigenvalue weighted by atomic mass is 10.1. The summed E-state index contributed by atoms with van der Waals surface area (Å²) in [6, 6.07) is 4.27. The molecule has 2 N–H and O–H groups in total. The third kappa shape index (κ3) is 2.05. The van der Waals surface area contributed by atoms with Gasteiger partial charge in [0.15, 0.2) is 0 Å². The van der Waals surface area contributed by atoms with Crippen molar-refractivity contribution < 1.29 is 9.31 Å². The molecule has 1 atom stereocenters. The molecule has 0 aliphatic heterocycles. The molecule has 0 aromatic heterocycles. The van der Waals surface area contributed by atoms with Crippen molar-refractivity contribution in [2.24, 2.45) is 5.73 Å². The maximum Gasteiger partial charge on any atom is 0.272 e. The van der Waals surface area contributed by atoms with E-state index < -0.39 is 11.1 Å². The minimum atomic E-state index is -1.34. The number of hydrogen-bond acceptors (Lipinski definition) is 3. The average molecular weight is 198 g/mol. The zero-order chi connectivity index (χ0) is 10.7. The monoisotopic (exact) mass is 198 g/mol. The second-order valence-electron chi connectivity index (χ2n) is 3.01. The van der Waals surface area contributed by atoms with Crippen molar-refractivity contribution in [1.29, 1.82) is 0 Å². The summed E-state index contributed by atoms with van der Waals surface area (Å²) >= 11 is 0. The number of rotatable bonds is 3. The molecular weight excluding hydrogens is 187 g/mol. The van der Waals surface area contributed by atoms with Gasteiger partial charge in [0.05, 0.1) is 4.92 Å². The molecular formula is C9H11FN2O2. The first-order valence-corrected chi connectivity index (χ1v) is 4.15. The van der Waals surface area contributed by atoms with Crippen LogP contribution >= 0.6 is 0 Å². The molecule has 1 aromatic carbocycles. The highest BCUT2D eigenvalue weighted by Crippen LogP contribution is 2.24. The molecule has 0 aliphatic rings. The predicted molar refractivity (Wildman–Crippen MR) is 50.7 cm³/mol. The Morgan fingerprint density at radius 3 is 2.79 bits per heavy atom. The Morgan fingerprint density at radius 1 is 1.64 bits per heavy atom. The van der Waals surface area contributed by atoms with Crippen molar-refractivity contribution in [2.45, 2.75) is 13.1 Å². The lowest BCUT2D eigenvalue weighted by Gasteiger charge is -2.05. The molecule has 0 amide bonds. The molecule has 76 valence electrons. The maximum atomic E-state index is 13.1. The molecule has 4 nitrogen and oxygen atoms in total. The molecule has 0 saturated carbocycles. The second kappa shape index (κ2) is 4.15. The topological polar surface area (TPSA) is 69.2 Å². The minimum Gasteiger partial charge on any atom is -0.327 e. The van der Waals surface area contributed by atoms with Crippen LogP contribution in [0.5, 0.6) is 0 Å². The van der Waals surface area contributed by atoms with Crippen LogP contribution in [0.2, 0.25) is 0 Å². The van der Waals surface area contributed by atoms with Gasteiger partial charge in [-0.05, 0) is 12.5 Å². The van der Waals surface area contributed by atoms with Gasteiger partial charge in [-0.1, -0.05) is 12.1 Å². The van der Waals surface area contributed by atoms with Gasteiger partial charge in [-0.15, -0.1) is 0 Å². The van der Waals surface area contributed by atoms with E-state index in [0.29, 0.717) is 5.56 Å². The van der Waals surface area contributed by atoms with Crippen molar-refractivity contribution in [3.8, 4) is 0 Å². The molecule has 0 heterocycles. The number of aryl methyl sites for hydroxylation is 1. The van der Waals surface area contributed by atoms with Crippen LogP contribution < -0.4 is 5.73 Å². The summed E-state index contributed by atoms with van der Waals surface area (Å²) in [5.74, 6) is 0. The number of alkyl halides is 1. The van der Waals surface area contributed by atoms with Crippen LogP contribution in [0.3, 0.4) is 0 Å². The van der Waals surface area contributed by atoms with E-state index in [2.05, 4.69) is 0 Å². The lowest BCUT2D eigenvalue weighted by molar-refractivity contribution is -0.385. The molecule has 0 spiro atoms. The van der Waals surface area contributed by atoms with Gasteiger partial charge in [0.1, 0.15) is 6.17 Å². The summed E-state index contributed by atoms with van der Waals surface area (Å²) in [5.41, 5.74) is 5.82. The first-order valence-electron chi connectivity index (χ1n) is 4.15. The van der Waals surface area contributed by atoms with Crippen molar-refractivity contribution in [1.82, 2.24) is 0 Å². The second-order valence-corrected chi connectivity index (χ2v) is 3.01. The Bertz CT molecular complexity index is 355. The highest BCUT2D eigenvalue weighted by molar-refractivity contribution is 5.43. The van der Waals surface area contributed by atoms with Gasteiger partial charge in [0.25, 0.3) is 5.69 Å².